The van der Waals surface area contributed by atoms with Crippen LogP contribution in [0, 0.1) is 11.6 Å². The molecule has 0 amide bonds. The van der Waals surface area contributed by atoms with Crippen LogP contribution in [0.4, 0.5) is 13.9 Å². The highest BCUT2D eigenvalue weighted by Gasteiger charge is 2.18. The minimum absolute atomic E-state index is 0.0255. The average molecular weight is 362 g/mol. The lowest BCUT2D eigenvalue weighted by molar-refractivity contribution is 0.0520. The van der Waals surface area contributed by atoms with E-state index in [-0.39, 0.29) is 23.0 Å². The maximum atomic E-state index is 13.5. The molecule has 0 radical (unpaired) electrons. The molecule has 1 heterocycles. The third-order valence-corrected chi connectivity index (χ3v) is 4.67. The van der Waals surface area contributed by atoms with Gasteiger partial charge in [0.2, 0.25) is 10.0 Å². The predicted molar refractivity (Wildman–Crippen MR) is 80.7 cm³/mol. The number of benzene rings is 1. The number of hydrogen-bond donors (Lipinski definition) is 1. The molecule has 1 aromatic heterocycles. The van der Waals surface area contributed by atoms with Crippen LogP contribution in [0.25, 0.3) is 0 Å². The van der Waals surface area contributed by atoms with Gasteiger partial charge in [0.1, 0.15) is 11.6 Å². The van der Waals surface area contributed by atoms with E-state index in [9.17, 15) is 22.0 Å². The van der Waals surface area contributed by atoms with Gasteiger partial charge in [0.25, 0.3) is 0 Å². The molecule has 10 heteroatoms. The summed E-state index contributed by atoms with van der Waals surface area (Å²) in [5.74, 6) is -3.11. The van der Waals surface area contributed by atoms with Crippen LogP contribution in [0.2, 0.25) is 0 Å². The molecule has 124 valence electrons. The van der Waals surface area contributed by atoms with Crippen molar-refractivity contribution in [3.63, 3.8) is 0 Å². The highest BCUT2D eigenvalue weighted by Crippen LogP contribution is 2.20. The quantitative estimate of drug-likeness (QED) is 0.798. The molecule has 0 spiro atoms. The van der Waals surface area contributed by atoms with Crippen LogP contribution >= 0.6 is 11.3 Å². The highest BCUT2D eigenvalue weighted by molar-refractivity contribution is 7.92. The first-order valence-electron chi connectivity index (χ1n) is 6.38. The molecule has 6 nitrogen and oxygen atoms in total. The number of nitrogens with one attached hydrogen (secondary N) is 1. The Labute approximate surface area is 135 Å². The summed E-state index contributed by atoms with van der Waals surface area (Å²) in [5, 5.41) is 1.30. The summed E-state index contributed by atoms with van der Waals surface area (Å²) in [6, 6.07) is 2.62. The first-order valence-corrected chi connectivity index (χ1v) is 8.91. The number of carbonyl (C=O) groups excluding carboxylic acids is 1. The fraction of sp³-hybridized carbons (Fsp3) is 0.231. The lowest BCUT2D eigenvalue weighted by Crippen LogP contribution is -2.16. The van der Waals surface area contributed by atoms with E-state index >= 15 is 0 Å². The fourth-order valence-corrected chi connectivity index (χ4v) is 3.76. The number of ether oxygens (including phenoxy) is 1. The Bertz CT molecular complexity index is 821. The zero-order valence-electron chi connectivity index (χ0n) is 11.9. The third kappa shape index (κ3) is 4.70. The smallest absolute Gasteiger partial charge is 0.357 e. The van der Waals surface area contributed by atoms with E-state index in [1.54, 1.807) is 6.92 Å². The van der Waals surface area contributed by atoms with Crippen molar-refractivity contribution < 1.29 is 26.7 Å². The van der Waals surface area contributed by atoms with Gasteiger partial charge in [-0.25, -0.2) is 27.0 Å². The molecule has 0 saturated carbocycles. The van der Waals surface area contributed by atoms with E-state index in [0.717, 1.165) is 23.5 Å². The van der Waals surface area contributed by atoms with Gasteiger partial charge in [-0.05, 0) is 13.0 Å². The number of thiazole rings is 1. The van der Waals surface area contributed by atoms with Crippen LogP contribution in [0.5, 0.6) is 0 Å². The van der Waals surface area contributed by atoms with E-state index in [1.807, 2.05) is 0 Å². The summed E-state index contributed by atoms with van der Waals surface area (Å²) >= 11 is 0.892. The zero-order valence-corrected chi connectivity index (χ0v) is 13.5. The van der Waals surface area contributed by atoms with E-state index < -0.39 is 33.4 Å². The predicted octanol–water partition coefficient (Wildman–Crippen LogP) is 2.54. The van der Waals surface area contributed by atoms with Crippen molar-refractivity contribution in [1.29, 1.82) is 0 Å². The van der Waals surface area contributed by atoms with Crippen LogP contribution in [-0.4, -0.2) is 26.0 Å². The summed E-state index contributed by atoms with van der Waals surface area (Å²) in [4.78, 5) is 15.2. The minimum Gasteiger partial charge on any atom is -0.461 e. The Balaban J connectivity index is 2.11. The number of hydrogen-bond acceptors (Lipinski definition) is 6. The van der Waals surface area contributed by atoms with Crippen molar-refractivity contribution in [3.8, 4) is 0 Å². The van der Waals surface area contributed by atoms with E-state index in [2.05, 4.69) is 9.71 Å². The maximum Gasteiger partial charge on any atom is 0.357 e. The lowest BCUT2D eigenvalue weighted by Gasteiger charge is -2.06. The van der Waals surface area contributed by atoms with Crippen LogP contribution in [-0.2, 0) is 20.5 Å². The molecule has 23 heavy (non-hydrogen) atoms. The number of carbonyl (C=O) groups is 1. The Hall–Kier alpha value is -2.07. The van der Waals surface area contributed by atoms with Crippen molar-refractivity contribution in [2.45, 2.75) is 12.7 Å². The highest BCUT2D eigenvalue weighted by atomic mass is 32.2. The lowest BCUT2D eigenvalue weighted by atomic mass is 10.2. The molecule has 0 aliphatic heterocycles. The van der Waals surface area contributed by atoms with Gasteiger partial charge in [0, 0.05) is 17.0 Å². The number of esters is 1. The van der Waals surface area contributed by atoms with Gasteiger partial charge in [-0.15, -0.1) is 11.3 Å². The zero-order chi connectivity index (χ0) is 17.0. The molecular weight excluding hydrogens is 350 g/mol. The molecular formula is C13H12F2N2O4S2. The van der Waals surface area contributed by atoms with Crippen LogP contribution < -0.4 is 4.72 Å². The average Bonchev–Trinajstić information content (AvgIpc) is 2.90. The van der Waals surface area contributed by atoms with Crippen molar-refractivity contribution in [3.05, 3.63) is 46.5 Å². The summed E-state index contributed by atoms with van der Waals surface area (Å²) in [6.45, 7) is 1.80. The van der Waals surface area contributed by atoms with Crippen molar-refractivity contribution in [2.75, 3.05) is 11.3 Å². The first kappa shape index (κ1) is 17.3. The largest absolute Gasteiger partial charge is 0.461 e. The minimum atomic E-state index is -3.96. The molecule has 0 aliphatic carbocycles. The van der Waals surface area contributed by atoms with E-state index in [1.165, 1.54) is 5.38 Å². The molecule has 0 saturated heterocycles. The van der Waals surface area contributed by atoms with E-state index in [4.69, 9.17) is 4.74 Å². The number of anilines is 1. The Morgan fingerprint density at radius 2 is 2.13 bits per heavy atom. The Morgan fingerprint density at radius 3 is 2.78 bits per heavy atom. The standard InChI is InChI=1S/C13H12F2N2O4S2/c1-2-21-12(18)11-6-22-13(16-11)17-23(19,20)7-8-3-4-9(14)5-10(8)15/h3-6H,2,7H2,1H3,(H,16,17). The number of nitrogens with zero attached hydrogens (tertiary/aromatic N) is 1. The second-order valence-electron chi connectivity index (χ2n) is 4.36. The number of rotatable bonds is 6. The van der Waals surface area contributed by atoms with E-state index in [0.29, 0.717) is 6.07 Å². The molecule has 2 aromatic rings. The summed E-state index contributed by atoms with van der Waals surface area (Å²) in [6.07, 6.45) is 0. The number of sulfonamides is 1. The SMILES string of the molecule is CCOC(=O)c1csc(NS(=O)(=O)Cc2ccc(F)cc2F)n1. The van der Waals surface area contributed by atoms with Gasteiger partial charge < -0.3 is 4.74 Å². The molecule has 0 atom stereocenters. The normalized spacial score (nSPS) is 11.3. The third-order valence-electron chi connectivity index (χ3n) is 2.59. The Kier molecular flexibility index (Phi) is 5.26. The van der Waals surface area contributed by atoms with Crippen LogP contribution in [0.3, 0.4) is 0 Å². The number of aromatic nitrogens is 1. The van der Waals surface area contributed by atoms with Gasteiger partial charge in [0.05, 0.1) is 12.4 Å². The van der Waals surface area contributed by atoms with Crippen molar-refractivity contribution >= 4 is 32.5 Å². The van der Waals surface area contributed by atoms with Gasteiger partial charge in [0.15, 0.2) is 10.8 Å². The molecule has 1 N–H and O–H groups in total. The van der Waals surface area contributed by atoms with Crippen LogP contribution in [0.1, 0.15) is 23.0 Å². The molecule has 0 bridgehead atoms. The Morgan fingerprint density at radius 1 is 1.39 bits per heavy atom. The maximum absolute atomic E-state index is 13.5. The van der Waals surface area contributed by atoms with Gasteiger partial charge in [-0.2, -0.15) is 0 Å². The second kappa shape index (κ2) is 7.01. The van der Waals surface area contributed by atoms with Gasteiger partial charge in [-0.1, -0.05) is 6.07 Å². The number of halogens is 2. The summed E-state index contributed by atoms with van der Waals surface area (Å²) < 4.78 is 57.2. The molecule has 2 rings (SSSR count). The fourth-order valence-electron chi connectivity index (χ4n) is 1.63. The van der Waals surface area contributed by atoms with Crippen LogP contribution in [0.15, 0.2) is 23.6 Å². The summed E-state index contributed by atoms with van der Waals surface area (Å²) in [7, 11) is -3.96. The van der Waals surface area contributed by atoms with Crippen molar-refractivity contribution in [1.82, 2.24) is 4.98 Å². The summed E-state index contributed by atoms with van der Waals surface area (Å²) in [5.41, 5.74) is -0.205. The molecule has 1 aromatic carbocycles. The first-order chi connectivity index (χ1) is 10.8. The second-order valence-corrected chi connectivity index (χ2v) is 6.94. The van der Waals surface area contributed by atoms with Gasteiger partial charge in [-0.3, -0.25) is 4.72 Å². The molecule has 0 fully saturated rings. The monoisotopic (exact) mass is 362 g/mol. The van der Waals surface area contributed by atoms with Crippen molar-refractivity contribution in [2.24, 2.45) is 0 Å². The van der Waals surface area contributed by atoms with Gasteiger partial charge >= 0.3 is 5.97 Å². The molecule has 0 unspecified atom stereocenters. The molecule has 0 aliphatic rings. The topological polar surface area (TPSA) is 85.4 Å².